The number of nitriles is 1. The van der Waals surface area contributed by atoms with E-state index in [1.54, 1.807) is 18.2 Å². The first-order valence-electron chi connectivity index (χ1n) is 5.33. The highest BCUT2D eigenvalue weighted by molar-refractivity contribution is 5.67. The minimum Gasteiger partial charge on any atom is -0.352 e. The summed E-state index contributed by atoms with van der Waals surface area (Å²) in [6, 6.07) is 10.5. The first-order chi connectivity index (χ1) is 8.61. The molecule has 0 amide bonds. The molecule has 0 saturated carbocycles. The molecule has 0 fully saturated rings. The summed E-state index contributed by atoms with van der Waals surface area (Å²) in [4.78, 5) is 0. The monoisotopic (exact) mass is 244 g/mol. The van der Waals surface area contributed by atoms with Crippen LogP contribution in [0.25, 0.3) is 0 Å². The van der Waals surface area contributed by atoms with Crippen LogP contribution in [0.3, 0.4) is 0 Å². The van der Waals surface area contributed by atoms with Crippen LogP contribution >= 0.6 is 0 Å². The third-order valence-electron chi connectivity index (χ3n) is 2.52. The van der Waals surface area contributed by atoms with Crippen molar-refractivity contribution in [1.82, 2.24) is 0 Å². The number of rotatable bonds is 2. The Hall–Kier alpha value is -2.41. The number of nitrogens with zero attached hydrogens (tertiary/aromatic N) is 1. The Labute approximate surface area is 103 Å². The summed E-state index contributed by atoms with van der Waals surface area (Å²) >= 11 is 0. The highest BCUT2D eigenvalue weighted by Crippen LogP contribution is 2.25. The summed E-state index contributed by atoms with van der Waals surface area (Å²) in [5, 5.41) is 11.6. The Bertz CT molecular complexity index is 630. The zero-order valence-corrected chi connectivity index (χ0v) is 9.67. The fourth-order valence-electron chi connectivity index (χ4n) is 1.62. The van der Waals surface area contributed by atoms with E-state index in [0.29, 0.717) is 0 Å². The lowest BCUT2D eigenvalue weighted by Gasteiger charge is -2.10. The van der Waals surface area contributed by atoms with E-state index in [9.17, 15) is 8.78 Å². The first-order valence-corrected chi connectivity index (χ1v) is 5.33. The molecule has 0 bridgehead atoms. The molecular formula is C14H10F2N2. The minimum atomic E-state index is -0.629. The second kappa shape index (κ2) is 4.84. The third kappa shape index (κ3) is 2.30. The Morgan fingerprint density at radius 2 is 1.83 bits per heavy atom. The largest absolute Gasteiger partial charge is 0.352 e. The molecule has 0 aliphatic rings. The maximum atomic E-state index is 13.6. The molecule has 0 atom stereocenters. The summed E-state index contributed by atoms with van der Waals surface area (Å²) in [6.45, 7) is 1.82. The molecule has 1 N–H and O–H groups in total. The molecule has 2 aromatic rings. The van der Waals surface area contributed by atoms with Crippen molar-refractivity contribution in [3.63, 3.8) is 0 Å². The van der Waals surface area contributed by atoms with E-state index >= 15 is 0 Å². The van der Waals surface area contributed by atoms with Gasteiger partial charge in [0.25, 0.3) is 0 Å². The molecule has 2 nitrogen and oxygen atoms in total. The maximum absolute atomic E-state index is 13.6. The van der Waals surface area contributed by atoms with Gasteiger partial charge in [-0.1, -0.05) is 12.1 Å². The number of anilines is 2. The summed E-state index contributed by atoms with van der Waals surface area (Å²) in [5.41, 5.74) is 1.21. The number of hydrogen-bond donors (Lipinski definition) is 1. The van der Waals surface area contributed by atoms with Crippen molar-refractivity contribution in [1.29, 1.82) is 5.26 Å². The van der Waals surface area contributed by atoms with Crippen LogP contribution in [0.2, 0.25) is 0 Å². The highest BCUT2D eigenvalue weighted by Gasteiger charge is 2.09. The Kier molecular flexibility index (Phi) is 3.24. The standard InChI is InChI=1S/C14H10F2N2/c1-9-5-6-12(16)14(7-9)18-13-4-2-3-11(15)10(13)8-17/h2-7,18H,1H3. The molecule has 2 rings (SSSR count). The summed E-state index contributed by atoms with van der Waals surface area (Å²) in [5.74, 6) is -1.08. The molecule has 0 aliphatic carbocycles. The summed E-state index contributed by atoms with van der Waals surface area (Å²) in [7, 11) is 0. The lowest BCUT2D eigenvalue weighted by molar-refractivity contribution is 0.623. The molecule has 18 heavy (non-hydrogen) atoms. The maximum Gasteiger partial charge on any atom is 0.146 e. The quantitative estimate of drug-likeness (QED) is 0.869. The molecule has 4 heteroatoms. The number of aryl methyl sites for hydroxylation is 1. The molecule has 0 heterocycles. The number of hydrogen-bond acceptors (Lipinski definition) is 2. The van der Waals surface area contributed by atoms with Crippen molar-refractivity contribution in [2.45, 2.75) is 6.92 Å². The SMILES string of the molecule is Cc1ccc(F)c(Nc2cccc(F)c2C#N)c1. The smallest absolute Gasteiger partial charge is 0.146 e. The predicted molar refractivity (Wildman–Crippen MR) is 65.5 cm³/mol. The summed E-state index contributed by atoms with van der Waals surface area (Å²) in [6.07, 6.45) is 0. The van der Waals surface area contributed by atoms with Gasteiger partial charge in [-0.25, -0.2) is 8.78 Å². The van der Waals surface area contributed by atoms with E-state index in [-0.39, 0.29) is 16.9 Å². The van der Waals surface area contributed by atoms with Crippen LogP contribution in [0.15, 0.2) is 36.4 Å². The van der Waals surface area contributed by atoms with E-state index in [1.807, 2.05) is 6.92 Å². The Balaban J connectivity index is 2.44. The molecule has 0 saturated heterocycles. The number of benzene rings is 2. The minimum absolute atomic E-state index is 0.126. The Morgan fingerprint density at radius 3 is 2.56 bits per heavy atom. The van der Waals surface area contributed by atoms with Crippen molar-refractivity contribution < 1.29 is 8.78 Å². The highest BCUT2D eigenvalue weighted by atomic mass is 19.1. The molecule has 0 spiro atoms. The van der Waals surface area contributed by atoms with E-state index in [2.05, 4.69) is 5.32 Å². The summed E-state index contributed by atoms with van der Waals surface area (Å²) < 4.78 is 26.9. The lowest BCUT2D eigenvalue weighted by atomic mass is 10.1. The van der Waals surface area contributed by atoms with Crippen molar-refractivity contribution >= 4 is 11.4 Å². The van der Waals surface area contributed by atoms with Gasteiger partial charge < -0.3 is 5.32 Å². The van der Waals surface area contributed by atoms with E-state index in [4.69, 9.17) is 5.26 Å². The van der Waals surface area contributed by atoms with Crippen molar-refractivity contribution in [3.8, 4) is 6.07 Å². The van der Waals surface area contributed by atoms with Gasteiger partial charge in [0, 0.05) is 0 Å². The van der Waals surface area contributed by atoms with Crippen LogP contribution in [-0.4, -0.2) is 0 Å². The van der Waals surface area contributed by atoms with Gasteiger partial charge in [0.15, 0.2) is 0 Å². The topological polar surface area (TPSA) is 35.8 Å². The van der Waals surface area contributed by atoms with Gasteiger partial charge in [-0.15, -0.1) is 0 Å². The number of nitrogens with one attached hydrogen (secondary N) is 1. The van der Waals surface area contributed by atoms with Crippen LogP contribution in [0.1, 0.15) is 11.1 Å². The first kappa shape index (κ1) is 12.1. The van der Waals surface area contributed by atoms with Gasteiger partial charge in [0.05, 0.1) is 11.4 Å². The van der Waals surface area contributed by atoms with E-state index in [1.165, 1.54) is 24.3 Å². The van der Waals surface area contributed by atoms with Crippen LogP contribution in [0.4, 0.5) is 20.2 Å². The van der Waals surface area contributed by atoms with E-state index in [0.717, 1.165) is 5.56 Å². The van der Waals surface area contributed by atoms with Crippen molar-refractivity contribution in [3.05, 3.63) is 59.2 Å². The average Bonchev–Trinajstić information content (AvgIpc) is 2.34. The normalized spacial score (nSPS) is 9.89. The van der Waals surface area contributed by atoms with Gasteiger partial charge in [0.2, 0.25) is 0 Å². The van der Waals surface area contributed by atoms with Crippen LogP contribution in [-0.2, 0) is 0 Å². The molecule has 90 valence electrons. The van der Waals surface area contributed by atoms with Crippen LogP contribution in [0, 0.1) is 29.9 Å². The van der Waals surface area contributed by atoms with Gasteiger partial charge >= 0.3 is 0 Å². The predicted octanol–water partition coefficient (Wildman–Crippen LogP) is 3.89. The lowest BCUT2D eigenvalue weighted by Crippen LogP contribution is -1.98. The van der Waals surface area contributed by atoms with Gasteiger partial charge in [0.1, 0.15) is 23.3 Å². The zero-order valence-electron chi connectivity index (χ0n) is 9.67. The molecule has 0 radical (unpaired) electrons. The second-order valence-corrected chi connectivity index (χ2v) is 3.88. The van der Waals surface area contributed by atoms with E-state index < -0.39 is 11.6 Å². The van der Waals surface area contributed by atoms with Gasteiger partial charge in [-0.05, 0) is 36.8 Å². The fraction of sp³-hybridized carbons (Fsp3) is 0.0714. The molecule has 0 aliphatic heterocycles. The molecule has 2 aromatic carbocycles. The fourth-order valence-corrected chi connectivity index (χ4v) is 1.62. The van der Waals surface area contributed by atoms with Crippen molar-refractivity contribution in [2.75, 3.05) is 5.32 Å². The van der Waals surface area contributed by atoms with Crippen LogP contribution in [0.5, 0.6) is 0 Å². The van der Waals surface area contributed by atoms with Gasteiger partial charge in [-0.2, -0.15) is 5.26 Å². The molecule has 0 unspecified atom stereocenters. The molecule has 0 aromatic heterocycles. The zero-order chi connectivity index (χ0) is 13.1. The third-order valence-corrected chi connectivity index (χ3v) is 2.52. The van der Waals surface area contributed by atoms with Gasteiger partial charge in [-0.3, -0.25) is 0 Å². The Morgan fingerprint density at radius 1 is 1.06 bits per heavy atom. The van der Waals surface area contributed by atoms with Crippen molar-refractivity contribution in [2.24, 2.45) is 0 Å². The average molecular weight is 244 g/mol. The second-order valence-electron chi connectivity index (χ2n) is 3.88. The van der Waals surface area contributed by atoms with Crippen LogP contribution < -0.4 is 5.32 Å². The number of halogens is 2. The molecular weight excluding hydrogens is 234 g/mol.